The lowest BCUT2D eigenvalue weighted by Crippen LogP contribution is -2.53. The summed E-state index contributed by atoms with van der Waals surface area (Å²) in [5.41, 5.74) is 7.49. The van der Waals surface area contributed by atoms with E-state index in [1.807, 2.05) is 0 Å². The maximum Gasteiger partial charge on any atom is 0.248 e. The minimum Gasteiger partial charge on any atom is -0.416 e. The van der Waals surface area contributed by atoms with E-state index in [0.29, 0.717) is 17.7 Å². The molecule has 3 atom stereocenters. The van der Waals surface area contributed by atoms with Crippen LogP contribution >= 0.6 is 0 Å². The Hall–Kier alpha value is -3.27. The van der Waals surface area contributed by atoms with Crippen molar-refractivity contribution in [3.05, 3.63) is 78.0 Å². The molecule has 2 aromatic heterocycles. The topological polar surface area (TPSA) is 42.8 Å². The lowest BCUT2D eigenvalue weighted by Gasteiger charge is -2.25. The molecule has 6 rings (SSSR count). The summed E-state index contributed by atoms with van der Waals surface area (Å²) in [5, 5.41) is 8.77. The Kier molecular flexibility index (Phi) is 4.30. The van der Waals surface area contributed by atoms with Gasteiger partial charge in [-0.2, -0.15) is 4.57 Å². The number of rotatable bonds is 3. The molecule has 0 N–H and O–H groups in total. The van der Waals surface area contributed by atoms with E-state index >= 15 is 0 Å². The maximum atomic E-state index is 6.16. The zero-order valence-corrected chi connectivity index (χ0v) is 20.9. The van der Waals surface area contributed by atoms with Gasteiger partial charge in [-0.1, -0.05) is 45.9 Å². The number of benzene rings is 2. The second-order valence-electron chi connectivity index (χ2n) is 11.3. The van der Waals surface area contributed by atoms with Crippen LogP contribution in [0.25, 0.3) is 34.2 Å². The van der Waals surface area contributed by atoms with Gasteiger partial charge >= 0.3 is 0 Å². The van der Waals surface area contributed by atoms with Crippen LogP contribution in [0, 0.1) is 5.92 Å². The monoisotopic (exact) mass is 450 g/mol. The van der Waals surface area contributed by atoms with E-state index in [0.717, 1.165) is 17.5 Å². The fraction of sp³-hybridized carbons (Fsp3) is 0.367. The van der Waals surface area contributed by atoms with Crippen molar-refractivity contribution in [1.82, 2.24) is 10.2 Å². The van der Waals surface area contributed by atoms with E-state index in [4.69, 9.17) is 4.42 Å². The van der Waals surface area contributed by atoms with Crippen molar-refractivity contribution in [2.45, 2.75) is 64.3 Å². The number of hydrogen-bond donors (Lipinski definition) is 0. The smallest absolute Gasteiger partial charge is 0.248 e. The summed E-state index contributed by atoms with van der Waals surface area (Å²) in [6, 6.07) is 21.6. The largest absolute Gasteiger partial charge is 0.416 e. The molecule has 1 fully saturated rings. The number of nitrogens with zero attached hydrogens (tertiary/aromatic N) is 3. The first-order chi connectivity index (χ1) is 16.2. The first kappa shape index (κ1) is 21.3. The number of aromatic nitrogens is 3. The van der Waals surface area contributed by atoms with Crippen molar-refractivity contribution in [2.75, 3.05) is 0 Å². The predicted molar refractivity (Wildman–Crippen MR) is 134 cm³/mol. The molecule has 4 heteroatoms. The van der Waals surface area contributed by atoms with Crippen LogP contribution in [0.15, 0.2) is 71.3 Å². The Morgan fingerprint density at radius 3 is 2.26 bits per heavy atom. The third kappa shape index (κ3) is 2.68. The minimum absolute atomic E-state index is 0.112. The van der Waals surface area contributed by atoms with Crippen molar-refractivity contribution in [3.63, 3.8) is 0 Å². The molecule has 2 aromatic carbocycles. The van der Waals surface area contributed by atoms with Gasteiger partial charge in [0.2, 0.25) is 17.5 Å². The normalized spacial score (nSPS) is 24.8. The molecular formula is C30H32N3O+. The van der Waals surface area contributed by atoms with Gasteiger partial charge in [-0.25, -0.2) is 0 Å². The van der Waals surface area contributed by atoms with Crippen molar-refractivity contribution in [1.29, 1.82) is 0 Å². The molecule has 0 saturated heterocycles. The van der Waals surface area contributed by atoms with Gasteiger partial charge in [-0.15, -0.1) is 10.2 Å². The summed E-state index contributed by atoms with van der Waals surface area (Å²) >= 11 is 0. The van der Waals surface area contributed by atoms with Crippen LogP contribution in [0.1, 0.15) is 59.1 Å². The summed E-state index contributed by atoms with van der Waals surface area (Å²) in [5.74, 6) is 1.72. The standard InChI is InChI=1S/C30H32N3O/c1-7-25-29(5)23-16-13-20(18-22(23)24-10-8-9-17-33(24)30(25,29)6)27-32-31-26(34-27)19-11-14-21(15-12-19)28(2,3)4/h8-18,25H,7H2,1-6H3/q+1. The van der Waals surface area contributed by atoms with Gasteiger partial charge in [-0.3, -0.25) is 0 Å². The lowest BCUT2D eigenvalue weighted by atomic mass is 9.83. The van der Waals surface area contributed by atoms with E-state index in [1.165, 1.54) is 22.4 Å². The maximum absolute atomic E-state index is 6.16. The molecule has 0 radical (unpaired) electrons. The van der Waals surface area contributed by atoms with Crippen molar-refractivity contribution in [2.24, 2.45) is 5.92 Å². The highest BCUT2D eigenvalue weighted by molar-refractivity contribution is 5.74. The highest BCUT2D eigenvalue weighted by atomic mass is 16.4. The average molecular weight is 451 g/mol. The van der Waals surface area contributed by atoms with Crippen molar-refractivity contribution in [3.8, 4) is 34.2 Å². The first-order valence-corrected chi connectivity index (χ1v) is 12.3. The predicted octanol–water partition coefficient (Wildman–Crippen LogP) is 6.68. The molecule has 3 unspecified atom stereocenters. The summed E-state index contributed by atoms with van der Waals surface area (Å²) in [7, 11) is 0. The third-order valence-corrected chi connectivity index (χ3v) is 8.64. The van der Waals surface area contributed by atoms with Gasteiger partial charge in [-0.05, 0) is 60.2 Å². The molecule has 4 aromatic rings. The Morgan fingerprint density at radius 2 is 1.59 bits per heavy atom. The van der Waals surface area contributed by atoms with Crippen LogP contribution in [0.5, 0.6) is 0 Å². The second-order valence-corrected chi connectivity index (χ2v) is 11.3. The Bertz CT molecular complexity index is 1410. The van der Waals surface area contributed by atoms with Gasteiger partial charge in [0.1, 0.15) is 0 Å². The van der Waals surface area contributed by atoms with E-state index in [-0.39, 0.29) is 16.4 Å². The molecule has 0 bridgehead atoms. The number of hydrogen-bond acceptors (Lipinski definition) is 3. The van der Waals surface area contributed by atoms with E-state index in [1.54, 1.807) is 0 Å². The summed E-state index contributed by atoms with van der Waals surface area (Å²) in [6.07, 6.45) is 3.40. The summed E-state index contributed by atoms with van der Waals surface area (Å²) < 4.78 is 8.65. The van der Waals surface area contributed by atoms with Crippen LogP contribution < -0.4 is 4.57 Å². The molecule has 2 aliphatic rings. The molecule has 0 spiro atoms. The van der Waals surface area contributed by atoms with Crippen LogP contribution in [-0.2, 0) is 16.4 Å². The van der Waals surface area contributed by atoms with Crippen LogP contribution in [0.2, 0.25) is 0 Å². The van der Waals surface area contributed by atoms with E-state index < -0.39 is 0 Å². The Balaban J connectivity index is 1.41. The molecule has 0 amide bonds. The zero-order chi connectivity index (χ0) is 23.9. The molecule has 34 heavy (non-hydrogen) atoms. The Morgan fingerprint density at radius 1 is 0.912 bits per heavy atom. The highest BCUT2D eigenvalue weighted by Gasteiger charge is 2.80. The molecule has 3 heterocycles. The van der Waals surface area contributed by atoms with Crippen molar-refractivity contribution >= 4 is 0 Å². The zero-order valence-electron chi connectivity index (χ0n) is 20.9. The van der Waals surface area contributed by atoms with Gasteiger partial charge in [0.15, 0.2) is 11.7 Å². The molecule has 172 valence electrons. The van der Waals surface area contributed by atoms with E-state index in [9.17, 15) is 0 Å². The molecule has 1 aliphatic heterocycles. The first-order valence-electron chi connectivity index (χ1n) is 12.3. The van der Waals surface area contributed by atoms with Crippen LogP contribution in [0.3, 0.4) is 0 Å². The summed E-state index contributed by atoms with van der Waals surface area (Å²) in [4.78, 5) is 0. The molecular weight excluding hydrogens is 418 g/mol. The minimum atomic E-state index is 0.112. The molecule has 4 nitrogen and oxygen atoms in total. The fourth-order valence-corrected chi connectivity index (χ4v) is 6.55. The quantitative estimate of drug-likeness (QED) is 0.327. The lowest BCUT2D eigenvalue weighted by molar-refractivity contribution is -0.734. The summed E-state index contributed by atoms with van der Waals surface area (Å²) in [6.45, 7) is 13.8. The van der Waals surface area contributed by atoms with Crippen LogP contribution in [0.4, 0.5) is 0 Å². The van der Waals surface area contributed by atoms with Gasteiger partial charge in [0, 0.05) is 36.1 Å². The number of fused-ring (bicyclic) bond motifs is 6. The fourth-order valence-electron chi connectivity index (χ4n) is 6.55. The molecule has 1 aliphatic carbocycles. The van der Waals surface area contributed by atoms with E-state index in [2.05, 4.69) is 123 Å². The van der Waals surface area contributed by atoms with Crippen molar-refractivity contribution < 1.29 is 8.98 Å². The Labute approximate surface area is 201 Å². The number of pyridine rings is 1. The second kappa shape index (κ2) is 6.88. The van der Waals surface area contributed by atoms with Gasteiger partial charge < -0.3 is 4.42 Å². The highest BCUT2D eigenvalue weighted by Crippen LogP contribution is 2.69. The van der Waals surface area contributed by atoms with Crippen LogP contribution in [-0.4, -0.2) is 10.2 Å². The third-order valence-electron chi connectivity index (χ3n) is 8.64. The van der Waals surface area contributed by atoms with Gasteiger partial charge in [0.05, 0.1) is 11.0 Å². The average Bonchev–Trinajstić information content (AvgIpc) is 3.13. The molecule has 1 saturated carbocycles. The SMILES string of the molecule is CCC1C2(C)c3ccc(-c4nnc(-c5ccc(C(C)(C)C)cc5)o4)cc3-c3cccc[n+]3C12C. The van der Waals surface area contributed by atoms with Gasteiger partial charge in [0.25, 0.3) is 0 Å².